The number of ether oxygens (including phenoxy) is 5. The topological polar surface area (TPSA) is 104 Å². The molecule has 1 aliphatic carbocycles. The van der Waals surface area contributed by atoms with E-state index in [0.29, 0.717) is 17.1 Å². The van der Waals surface area contributed by atoms with Crippen molar-refractivity contribution in [1.82, 2.24) is 0 Å². The first kappa shape index (κ1) is 17.9. The molecule has 2 aromatic carbocycles. The minimum absolute atomic E-state index is 0.101. The van der Waals surface area contributed by atoms with Crippen molar-refractivity contribution in [1.29, 1.82) is 0 Å². The Hall–Kier alpha value is -3.13. The van der Waals surface area contributed by atoms with Crippen LogP contribution in [0.2, 0.25) is 0 Å². The fourth-order valence-corrected chi connectivity index (χ4v) is 4.66. The summed E-state index contributed by atoms with van der Waals surface area (Å²) >= 11 is 0. The number of rotatable bonds is 3. The van der Waals surface area contributed by atoms with E-state index in [-0.39, 0.29) is 42.5 Å². The summed E-state index contributed by atoms with van der Waals surface area (Å²) in [6.45, 7) is 0.291. The van der Waals surface area contributed by atoms with Crippen LogP contribution in [-0.2, 0) is 9.53 Å². The summed E-state index contributed by atoms with van der Waals surface area (Å²) in [5, 5.41) is 21.3. The number of cyclic esters (lactones) is 1. The number of carbonyl (C=O) groups excluding carboxylic acids is 1. The number of methoxy groups -OCH3 is 2. The lowest BCUT2D eigenvalue weighted by Crippen LogP contribution is -2.34. The number of fused-ring (bicyclic) bond motifs is 3. The van der Waals surface area contributed by atoms with Gasteiger partial charge in [-0.05, 0) is 41.0 Å². The number of hydrogen-bond acceptors (Lipinski definition) is 8. The summed E-state index contributed by atoms with van der Waals surface area (Å²) in [6.07, 6.45) is -1.00. The van der Waals surface area contributed by atoms with E-state index in [2.05, 4.69) is 0 Å². The van der Waals surface area contributed by atoms with Gasteiger partial charge in [-0.1, -0.05) is 0 Å². The zero-order valence-electron chi connectivity index (χ0n) is 15.9. The Morgan fingerprint density at radius 2 is 1.59 bits per heavy atom. The van der Waals surface area contributed by atoms with Crippen LogP contribution in [0, 0.1) is 11.8 Å². The highest BCUT2D eigenvalue weighted by atomic mass is 16.7. The molecule has 0 unspecified atom stereocenters. The van der Waals surface area contributed by atoms with Crippen LogP contribution in [0.15, 0.2) is 24.3 Å². The molecule has 5 rings (SSSR count). The molecule has 2 aliphatic heterocycles. The molecule has 1 saturated heterocycles. The number of aromatic hydroxyl groups is 1. The molecule has 1 fully saturated rings. The van der Waals surface area contributed by atoms with Gasteiger partial charge in [-0.25, -0.2) is 0 Å². The molecule has 4 atom stereocenters. The van der Waals surface area contributed by atoms with E-state index in [4.69, 9.17) is 23.7 Å². The molecule has 2 heterocycles. The van der Waals surface area contributed by atoms with Gasteiger partial charge in [-0.3, -0.25) is 4.79 Å². The van der Waals surface area contributed by atoms with Crippen molar-refractivity contribution in [2.75, 3.05) is 27.6 Å². The lowest BCUT2D eigenvalue weighted by molar-refractivity contribution is -0.144. The molecule has 0 radical (unpaired) electrons. The largest absolute Gasteiger partial charge is 0.502 e. The van der Waals surface area contributed by atoms with E-state index in [9.17, 15) is 15.0 Å². The van der Waals surface area contributed by atoms with Crippen LogP contribution in [0.3, 0.4) is 0 Å². The lowest BCUT2D eigenvalue weighted by atomic mass is 9.66. The number of phenolic OH excluding ortho intramolecular Hbond substituents is 1. The molecular formula is C21H20O8. The van der Waals surface area contributed by atoms with Crippen LogP contribution < -0.4 is 18.9 Å². The van der Waals surface area contributed by atoms with Crippen LogP contribution >= 0.6 is 0 Å². The quantitative estimate of drug-likeness (QED) is 0.755. The molecule has 0 saturated carbocycles. The smallest absolute Gasteiger partial charge is 0.312 e. The zero-order chi connectivity index (χ0) is 20.3. The Labute approximate surface area is 166 Å². The maximum absolute atomic E-state index is 12.4. The first-order valence-corrected chi connectivity index (χ1v) is 9.26. The van der Waals surface area contributed by atoms with Crippen molar-refractivity contribution >= 4 is 5.97 Å². The third-order valence-electron chi connectivity index (χ3n) is 6.01. The highest BCUT2D eigenvalue weighted by Gasteiger charge is 2.52. The van der Waals surface area contributed by atoms with E-state index >= 15 is 0 Å². The molecule has 0 bridgehead atoms. The number of carbonyl (C=O) groups is 1. The predicted octanol–water partition coefficient (Wildman–Crippen LogP) is 2.11. The number of aliphatic hydroxyl groups is 1. The van der Waals surface area contributed by atoms with Crippen LogP contribution in [0.1, 0.15) is 28.7 Å². The highest BCUT2D eigenvalue weighted by Crippen LogP contribution is 2.55. The van der Waals surface area contributed by atoms with E-state index in [1.54, 1.807) is 18.2 Å². The average Bonchev–Trinajstić information content (AvgIpc) is 3.34. The van der Waals surface area contributed by atoms with Crippen molar-refractivity contribution in [3.8, 4) is 28.7 Å². The Kier molecular flexibility index (Phi) is 3.99. The van der Waals surface area contributed by atoms with Crippen LogP contribution in [-0.4, -0.2) is 43.8 Å². The van der Waals surface area contributed by atoms with Crippen LogP contribution in [0.5, 0.6) is 28.7 Å². The van der Waals surface area contributed by atoms with Gasteiger partial charge in [0.2, 0.25) is 12.5 Å². The average molecular weight is 400 g/mol. The fourth-order valence-electron chi connectivity index (χ4n) is 4.66. The molecule has 2 N–H and O–H groups in total. The van der Waals surface area contributed by atoms with Gasteiger partial charge in [0.1, 0.15) is 0 Å². The van der Waals surface area contributed by atoms with Gasteiger partial charge in [-0.15, -0.1) is 0 Å². The third-order valence-corrected chi connectivity index (χ3v) is 6.01. The number of phenols is 1. The first-order chi connectivity index (χ1) is 14.0. The Bertz CT molecular complexity index is 975. The standard InChI is InChI=1S/C21H20O8/c1-25-15-3-9(4-16(26-2)20(15)23)17-10-5-13-14(29-8-28-13)6-11(10)19(22)18-12(17)7-27-21(18)24/h3-6,12,17-19,22-23H,7-8H2,1-2H3/t12-,17+,18+,19-/m0/s1. The van der Waals surface area contributed by atoms with Gasteiger partial charge < -0.3 is 33.9 Å². The van der Waals surface area contributed by atoms with Crippen molar-refractivity contribution < 1.29 is 38.7 Å². The number of aliphatic hydroxyl groups excluding tert-OH is 1. The predicted molar refractivity (Wildman–Crippen MR) is 98.5 cm³/mol. The van der Waals surface area contributed by atoms with Crippen molar-refractivity contribution in [2.45, 2.75) is 12.0 Å². The summed E-state index contributed by atoms with van der Waals surface area (Å²) in [5.74, 6) is -0.172. The molecule has 0 spiro atoms. The molecule has 2 aromatic rings. The monoisotopic (exact) mass is 400 g/mol. The third kappa shape index (κ3) is 2.52. The van der Waals surface area contributed by atoms with Gasteiger partial charge in [0.15, 0.2) is 23.0 Å². The Morgan fingerprint density at radius 1 is 0.966 bits per heavy atom. The van der Waals surface area contributed by atoms with Crippen molar-refractivity contribution in [3.05, 3.63) is 41.0 Å². The van der Waals surface area contributed by atoms with Gasteiger partial charge in [0.25, 0.3) is 0 Å². The van der Waals surface area contributed by atoms with Gasteiger partial charge in [0, 0.05) is 11.8 Å². The maximum Gasteiger partial charge on any atom is 0.312 e. The maximum atomic E-state index is 12.4. The molecule has 8 heteroatoms. The van der Waals surface area contributed by atoms with E-state index in [0.717, 1.165) is 11.1 Å². The van der Waals surface area contributed by atoms with Crippen molar-refractivity contribution in [3.63, 3.8) is 0 Å². The van der Waals surface area contributed by atoms with Crippen molar-refractivity contribution in [2.24, 2.45) is 11.8 Å². The summed E-state index contributed by atoms with van der Waals surface area (Å²) < 4.78 is 26.9. The summed E-state index contributed by atoms with van der Waals surface area (Å²) in [7, 11) is 2.92. The zero-order valence-corrected chi connectivity index (χ0v) is 15.9. The minimum Gasteiger partial charge on any atom is -0.502 e. The number of esters is 1. The highest BCUT2D eigenvalue weighted by molar-refractivity contribution is 5.77. The molecule has 152 valence electrons. The molecule has 3 aliphatic rings. The second-order valence-electron chi connectivity index (χ2n) is 7.35. The van der Waals surface area contributed by atoms with Gasteiger partial charge >= 0.3 is 5.97 Å². The molecule has 8 nitrogen and oxygen atoms in total. The molecule has 29 heavy (non-hydrogen) atoms. The minimum atomic E-state index is -1.00. The summed E-state index contributed by atoms with van der Waals surface area (Å²) in [5.41, 5.74) is 2.19. The fraction of sp³-hybridized carbons (Fsp3) is 0.381. The van der Waals surface area contributed by atoms with E-state index in [1.165, 1.54) is 14.2 Å². The second kappa shape index (κ2) is 6.45. The SMILES string of the molecule is COc1cc([C@@H]2c3cc4c(cc3[C@H](O)[C@@H]3C(=O)OC[C@@H]23)OCO4)cc(OC)c1O. The van der Waals surface area contributed by atoms with Crippen LogP contribution in [0.25, 0.3) is 0 Å². The number of hydrogen-bond donors (Lipinski definition) is 2. The first-order valence-electron chi connectivity index (χ1n) is 9.26. The normalized spacial score (nSPS) is 26.5. The van der Waals surface area contributed by atoms with E-state index in [1.807, 2.05) is 6.07 Å². The Morgan fingerprint density at radius 3 is 2.21 bits per heavy atom. The molecule has 0 amide bonds. The van der Waals surface area contributed by atoms with Gasteiger partial charge in [-0.2, -0.15) is 0 Å². The molecular weight excluding hydrogens is 380 g/mol. The van der Waals surface area contributed by atoms with Gasteiger partial charge in [0.05, 0.1) is 32.8 Å². The summed E-state index contributed by atoms with van der Waals surface area (Å²) in [6, 6.07) is 7.01. The Balaban J connectivity index is 1.74. The van der Waals surface area contributed by atoms with E-state index < -0.39 is 18.0 Å². The number of benzene rings is 2. The lowest BCUT2D eigenvalue weighted by Gasteiger charge is -2.37. The molecule has 0 aromatic heterocycles. The second-order valence-corrected chi connectivity index (χ2v) is 7.35. The summed E-state index contributed by atoms with van der Waals surface area (Å²) in [4.78, 5) is 12.4. The van der Waals surface area contributed by atoms with Crippen LogP contribution in [0.4, 0.5) is 0 Å².